The van der Waals surface area contributed by atoms with Gasteiger partial charge in [-0.2, -0.15) is 0 Å². The van der Waals surface area contributed by atoms with Crippen LogP contribution >= 0.6 is 0 Å². The van der Waals surface area contributed by atoms with Gasteiger partial charge >= 0.3 is 0 Å². The summed E-state index contributed by atoms with van der Waals surface area (Å²) in [5.41, 5.74) is 0. The monoisotopic (exact) mass is 256 g/mol. The van der Waals surface area contributed by atoms with Crippen LogP contribution in [0, 0.1) is 11.8 Å². The predicted octanol–water partition coefficient (Wildman–Crippen LogP) is 2.06. The fraction of sp³-hybridized carbons (Fsp3) is 1.00. The van der Waals surface area contributed by atoms with E-state index in [1.807, 2.05) is 0 Å². The average molecular weight is 256 g/mol. The summed E-state index contributed by atoms with van der Waals surface area (Å²) in [7, 11) is 4.26. The molecule has 0 aromatic rings. The molecule has 0 heterocycles. The third-order valence-corrected chi connectivity index (χ3v) is 4.41. The van der Waals surface area contributed by atoms with Crippen molar-refractivity contribution in [3.63, 3.8) is 0 Å². The Kier molecular flexibility index (Phi) is 6.61. The zero-order valence-electron chi connectivity index (χ0n) is 12.9. The van der Waals surface area contributed by atoms with E-state index in [4.69, 9.17) is 0 Å². The second kappa shape index (κ2) is 7.46. The van der Waals surface area contributed by atoms with Crippen LogP contribution in [0.25, 0.3) is 0 Å². The van der Waals surface area contributed by atoms with Crippen LogP contribution in [-0.4, -0.2) is 60.8 Å². The highest BCUT2D eigenvalue weighted by Gasteiger charge is 2.34. The van der Waals surface area contributed by atoms with Gasteiger partial charge in [-0.3, -0.25) is 4.90 Å². The van der Waals surface area contributed by atoms with Crippen LogP contribution in [0.5, 0.6) is 0 Å². The molecule has 3 heteroatoms. The first-order chi connectivity index (χ1) is 8.45. The van der Waals surface area contributed by atoms with Gasteiger partial charge in [-0.05, 0) is 51.7 Å². The Balaban J connectivity index is 2.65. The number of nitrogens with zero attached hydrogens (tertiary/aromatic N) is 2. The van der Waals surface area contributed by atoms with Crippen molar-refractivity contribution in [3.8, 4) is 0 Å². The molecule has 3 atom stereocenters. The van der Waals surface area contributed by atoms with Gasteiger partial charge in [0.05, 0.1) is 6.10 Å². The van der Waals surface area contributed by atoms with E-state index in [0.29, 0.717) is 6.04 Å². The van der Waals surface area contributed by atoms with Crippen LogP contribution in [0.3, 0.4) is 0 Å². The third kappa shape index (κ3) is 4.52. The molecule has 3 unspecified atom stereocenters. The number of hydrogen-bond acceptors (Lipinski definition) is 3. The molecular formula is C15H32N2O. The van der Waals surface area contributed by atoms with Crippen LogP contribution in [0.2, 0.25) is 0 Å². The van der Waals surface area contributed by atoms with Crippen molar-refractivity contribution in [3.05, 3.63) is 0 Å². The van der Waals surface area contributed by atoms with Crippen molar-refractivity contribution in [1.82, 2.24) is 9.80 Å². The molecule has 0 saturated heterocycles. The molecule has 1 aliphatic rings. The molecule has 0 radical (unpaired) electrons. The molecule has 3 nitrogen and oxygen atoms in total. The Morgan fingerprint density at radius 1 is 1.17 bits per heavy atom. The Bertz CT molecular complexity index is 231. The average Bonchev–Trinajstić information content (AvgIpc) is 2.29. The second-order valence-corrected chi connectivity index (χ2v) is 6.37. The Morgan fingerprint density at radius 3 is 2.33 bits per heavy atom. The summed E-state index contributed by atoms with van der Waals surface area (Å²) < 4.78 is 0. The van der Waals surface area contributed by atoms with Gasteiger partial charge in [-0.25, -0.2) is 0 Å². The molecule has 0 amide bonds. The summed E-state index contributed by atoms with van der Waals surface area (Å²) in [5, 5.41) is 9.96. The highest BCUT2D eigenvalue weighted by Crippen LogP contribution is 2.33. The van der Waals surface area contributed by atoms with Crippen LogP contribution in [0.15, 0.2) is 0 Å². The molecule has 1 aliphatic carbocycles. The zero-order valence-corrected chi connectivity index (χ0v) is 12.9. The van der Waals surface area contributed by atoms with Crippen molar-refractivity contribution >= 4 is 0 Å². The van der Waals surface area contributed by atoms with Crippen molar-refractivity contribution in [2.24, 2.45) is 11.8 Å². The van der Waals surface area contributed by atoms with E-state index in [0.717, 1.165) is 44.3 Å². The van der Waals surface area contributed by atoms with Gasteiger partial charge in [0.25, 0.3) is 0 Å². The minimum atomic E-state index is -0.0848. The van der Waals surface area contributed by atoms with Crippen molar-refractivity contribution in [1.29, 1.82) is 0 Å². The van der Waals surface area contributed by atoms with E-state index in [1.54, 1.807) is 0 Å². The number of hydrogen-bond donors (Lipinski definition) is 1. The minimum absolute atomic E-state index is 0.0848. The van der Waals surface area contributed by atoms with Gasteiger partial charge < -0.3 is 10.0 Å². The lowest BCUT2D eigenvalue weighted by Crippen LogP contribution is -2.49. The lowest BCUT2D eigenvalue weighted by atomic mass is 9.76. The zero-order chi connectivity index (χ0) is 13.7. The fourth-order valence-corrected chi connectivity index (χ4v) is 3.23. The molecular weight excluding hydrogens is 224 g/mol. The maximum absolute atomic E-state index is 9.96. The van der Waals surface area contributed by atoms with Crippen LogP contribution in [0.4, 0.5) is 0 Å². The predicted molar refractivity (Wildman–Crippen MR) is 77.8 cm³/mol. The van der Waals surface area contributed by atoms with Gasteiger partial charge in [0.15, 0.2) is 0 Å². The number of aliphatic hydroxyl groups is 1. The van der Waals surface area contributed by atoms with Gasteiger partial charge in [-0.15, -0.1) is 0 Å². The highest BCUT2D eigenvalue weighted by atomic mass is 16.3. The van der Waals surface area contributed by atoms with Gasteiger partial charge in [-0.1, -0.05) is 20.8 Å². The summed E-state index contributed by atoms with van der Waals surface area (Å²) >= 11 is 0. The molecule has 0 aromatic carbocycles. The number of likely N-dealkylation sites (N-methyl/N-ethyl adjacent to an activating group) is 2. The smallest absolute Gasteiger partial charge is 0.0555 e. The van der Waals surface area contributed by atoms with Gasteiger partial charge in [0, 0.05) is 19.1 Å². The standard InChI is InChI=1S/C15H32N2O/c1-6-17(10-9-16(4)5)15-11-13(18)7-8-14(15)12(2)3/h12-15,18H,6-11H2,1-5H3. The maximum atomic E-state index is 9.96. The Morgan fingerprint density at radius 2 is 1.83 bits per heavy atom. The fourth-order valence-electron chi connectivity index (χ4n) is 3.23. The summed E-state index contributed by atoms with van der Waals surface area (Å²) in [6.07, 6.45) is 3.05. The molecule has 0 aromatic heterocycles. The van der Waals surface area contributed by atoms with Gasteiger partial charge in [0.2, 0.25) is 0 Å². The number of aliphatic hydroxyl groups excluding tert-OH is 1. The van der Waals surface area contributed by atoms with E-state index in [1.165, 1.54) is 6.42 Å². The highest BCUT2D eigenvalue weighted by molar-refractivity contribution is 4.88. The molecule has 0 spiro atoms. The normalized spacial score (nSPS) is 29.5. The van der Waals surface area contributed by atoms with E-state index >= 15 is 0 Å². The first-order valence-electron chi connectivity index (χ1n) is 7.52. The SMILES string of the molecule is CCN(CCN(C)C)C1CC(O)CCC1C(C)C. The Hall–Kier alpha value is -0.120. The van der Waals surface area contributed by atoms with Crippen molar-refractivity contribution in [2.75, 3.05) is 33.7 Å². The van der Waals surface area contributed by atoms with Crippen LogP contribution in [-0.2, 0) is 0 Å². The van der Waals surface area contributed by atoms with E-state index < -0.39 is 0 Å². The molecule has 0 aliphatic heterocycles. The van der Waals surface area contributed by atoms with Crippen molar-refractivity contribution < 1.29 is 5.11 Å². The second-order valence-electron chi connectivity index (χ2n) is 6.37. The molecule has 1 N–H and O–H groups in total. The van der Waals surface area contributed by atoms with E-state index in [9.17, 15) is 5.11 Å². The molecule has 18 heavy (non-hydrogen) atoms. The van der Waals surface area contributed by atoms with Crippen LogP contribution in [0.1, 0.15) is 40.0 Å². The van der Waals surface area contributed by atoms with E-state index in [-0.39, 0.29) is 6.10 Å². The molecule has 108 valence electrons. The molecule has 1 fully saturated rings. The molecule has 0 bridgehead atoms. The Labute approximate surface area is 113 Å². The summed E-state index contributed by atoms with van der Waals surface area (Å²) in [6.45, 7) is 10.2. The van der Waals surface area contributed by atoms with Crippen LogP contribution < -0.4 is 0 Å². The number of rotatable bonds is 6. The largest absolute Gasteiger partial charge is 0.393 e. The first-order valence-corrected chi connectivity index (χ1v) is 7.52. The van der Waals surface area contributed by atoms with Crippen molar-refractivity contribution in [2.45, 2.75) is 52.2 Å². The first kappa shape index (κ1) is 15.9. The lowest BCUT2D eigenvalue weighted by Gasteiger charge is -2.43. The lowest BCUT2D eigenvalue weighted by molar-refractivity contribution is 0.0117. The summed E-state index contributed by atoms with van der Waals surface area (Å²) in [4.78, 5) is 4.82. The maximum Gasteiger partial charge on any atom is 0.0555 e. The summed E-state index contributed by atoms with van der Waals surface area (Å²) in [5.74, 6) is 1.46. The van der Waals surface area contributed by atoms with E-state index in [2.05, 4.69) is 44.7 Å². The molecule has 1 saturated carbocycles. The topological polar surface area (TPSA) is 26.7 Å². The molecule has 1 rings (SSSR count). The van der Waals surface area contributed by atoms with Gasteiger partial charge in [0.1, 0.15) is 0 Å². The third-order valence-electron chi connectivity index (χ3n) is 4.41. The quantitative estimate of drug-likeness (QED) is 0.788. The summed E-state index contributed by atoms with van der Waals surface area (Å²) in [6, 6.07) is 0.568. The minimum Gasteiger partial charge on any atom is -0.393 e.